The van der Waals surface area contributed by atoms with Crippen molar-refractivity contribution in [2.24, 2.45) is 0 Å². The van der Waals surface area contributed by atoms with Crippen LogP contribution in [0.25, 0.3) is 0 Å². The maximum atomic E-state index is 13.0. The van der Waals surface area contributed by atoms with Gasteiger partial charge in [0.25, 0.3) is 6.10 Å². The summed E-state index contributed by atoms with van der Waals surface area (Å²) in [6.07, 6.45) is -7.60. The number of hydrogen-bond acceptors (Lipinski definition) is 4. The lowest BCUT2D eigenvalue weighted by molar-refractivity contribution is -0.257. The third-order valence-electron chi connectivity index (χ3n) is 1.74. The Labute approximate surface area is 110 Å². The molecule has 0 aliphatic heterocycles. The molecule has 1 unspecified atom stereocenters. The number of hydrogen-bond donors (Lipinski definition) is 1. The van der Waals surface area contributed by atoms with Crippen LogP contribution in [0.2, 0.25) is 0 Å². The fourth-order valence-corrected chi connectivity index (χ4v) is 1.33. The van der Waals surface area contributed by atoms with Gasteiger partial charge in [-0.15, -0.1) is 6.58 Å². The van der Waals surface area contributed by atoms with Crippen molar-refractivity contribution >= 4 is 16.1 Å². The molecule has 0 radical (unpaired) electrons. The molecule has 0 aliphatic carbocycles. The first-order chi connectivity index (χ1) is 8.84. The summed E-state index contributed by atoms with van der Waals surface area (Å²) in [6.45, 7) is 3.21. The number of carbonyl (C=O) groups is 1. The second kappa shape index (κ2) is 6.31. The Kier molecular flexibility index (Phi) is 5.84. The van der Waals surface area contributed by atoms with Crippen molar-refractivity contribution < 1.29 is 44.5 Å². The van der Waals surface area contributed by atoms with Gasteiger partial charge in [0.15, 0.2) is 0 Å². The molecule has 1 atom stereocenters. The summed E-state index contributed by atoms with van der Waals surface area (Å²) in [6, 6.07) is 0. The van der Waals surface area contributed by atoms with E-state index in [0.29, 0.717) is 6.08 Å². The van der Waals surface area contributed by atoms with Gasteiger partial charge in [-0.05, 0) is 6.42 Å². The van der Waals surface area contributed by atoms with Crippen molar-refractivity contribution in [2.45, 2.75) is 24.0 Å². The minimum atomic E-state index is -6.43. The van der Waals surface area contributed by atoms with Gasteiger partial charge < -0.3 is 4.74 Å². The zero-order valence-corrected chi connectivity index (χ0v) is 10.4. The van der Waals surface area contributed by atoms with Crippen molar-refractivity contribution in [2.75, 3.05) is 0 Å². The fraction of sp³-hybridized carbons (Fsp3) is 0.444. The molecule has 0 aromatic rings. The first-order valence-electron chi connectivity index (χ1n) is 4.73. The summed E-state index contributed by atoms with van der Waals surface area (Å²) >= 11 is 0. The number of halogens is 5. The largest absolute Gasteiger partial charge is 0.442 e. The molecule has 116 valence electrons. The number of allylic oxidation sites excluding steroid dienone is 2. The van der Waals surface area contributed by atoms with E-state index in [0.717, 1.165) is 6.08 Å². The average Bonchev–Trinajstić information content (AvgIpc) is 2.23. The predicted molar refractivity (Wildman–Crippen MR) is 56.4 cm³/mol. The molecule has 1 N–H and O–H groups in total. The van der Waals surface area contributed by atoms with Crippen LogP contribution < -0.4 is 0 Å². The topological polar surface area (TPSA) is 80.7 Å². The highest BCUT2D eigenvalue weighted by molar-refractivity contribution is 7.86. The van der Waals surface area contributed by atoms with Gasteiger partial charge in [0.2, 0.25) is 0 Å². The molecule has 0 spiro atoms. The van der Waals surface area contributed by atoms with E-state index in [9.17, 15) is 35.2 Å². The van der Waals surface area contributed by atoms with Crippen LogP contribution in [0.5, 0.6) is 0 Å². The third kappa shape index (κ3) is 4.89. The van der Waals surface area contributed by atoms with Crippen molar-refractivity contribution in [1.29, 1.82) is 0 Å². The summed E-state index contributed by atoms with van der Waals surface area (Å²) < 4.78 is 94.9. The third-order valence-corrected chi connectivity index (χ3v) is 2.64. The number of carbonyl (C=O) groups excluding carboxylic acids is 1. The smallest absolute Gasteiger partial charge is 0.432 e. The standard InChI is InChI=1S/C9H9F5O5S/c1-2-3-4-5-6(15)19-7(8(10,11)12)9(13,14)20(16,17)18/h2,4-5,7H,1,3H2,(H,16,17,18)/b5-4+. The van der Waals surface area contributed by atoms with E-state index in [1.54, 1.807) is 0 Å². The first kappa shape index (κ1) is 18.5. The number of rotatable bonds is 6. The van der Waals surface area contributed by atoms with Crippen LogP contribution >= 0.6 is 0 Å². The maximum absolute atomic E-state index is 13.0. The molecule has 0 heterocycles. The van der Waals surface area contributed by atoms with Crippen LogP contribution in [0.15, 0.2) is 24.8 Å². The summed E-state index contributed by atoms with van der Waals surface area (Å²) in [5.74, 6) is -1.85. The highest BCUT2D eigenvalue weighted by Crippen LogP contribution is 2.38. The van der Waals surface area contributed by atoms with Crippen LogP contribution in [0.3, 0.4) is 0 Å². The van der Waals surface area contributed by atoms with E-state index in [4.69, 9.17) is 4.55 Å². The molecule has 0 aromatic heterocycles. The summed E-state index contributed by atoms with van der Waals surface area (Å²) in [5.41, 5.74) is 0. The summed E-state index contributed by atoms with van der Waals surface area (Å²) in [4.78, 5) is 10.9. The van der Waals surface area contributed by atoms with E-state index < -0.39 is 33.6 Å². The van der Waals surface area contributed by atoms with Crippen molar-refractivity contribution in [3.05, 3.63) is 24.8 Å². The quantitative estimate of drug-likeness (QED) is 0.266. The minimum Gasteiger partial charge on any atom is -0.442 e. The van der Waals surface area contributed by atoms with Crippen LogP contribution in [-0.2, 0) is 19.6 Å². The molecule has 0 aliphatic rings. The van der Waals surface area contributed by atoms with Crippen molar-refractivity contribution in [3.63, 3.8) is 0 Å². The van der Waals surface area contributed by atoms with Gasteiger partial charge in [-0.1, -0.05) is 12.2 Å². The Hall–Kier alpha value is -1.49. The van der Waals surface area contributed by atoms with Gasteiger partial charge in [-0.3, -0.25) is 4.55 Å². The Morgan fingerprint density at radius 1 is 1.30 bits per heavy atom. The molecule has 0 aromatic carbocycles. The minimum absolute atomic E-state index is 0.0421. The van der Waals surface area contributed by atoms with Gasteiger partial charge in [-0.25, -0.2) is 4.79 Å². The Morgan fingerprint density at radius 3 is 2.15 bits per heavy atom. The SMILES string of the molecule is C=CC/C=C/C(=O)OC(C(F)(F)F)C(F)(F)S(=O)(=O)O. The average molecular weight is 324 g/mol. The lowest BCUT2D eigenvalue weighted by atomic mass is 10.3. The zero-order valence-electron chi connectivity index (χ0n) is 9.60. The number of alkyl halides is 5. The summed E-state index contributed by atoms with van der Waals surface area (Å²) in [7, 11) is -6.43. The van der Waals surface area contributed by atoms with E-state index in [-0.39, 0.29) is 6.42 Å². The molecular formula is C9H9F5O5S. The molecule has 11 heteroatoms. The highest BCUT2D eigenvalue weighted by Gasteiger charge is 2.65. The maximum Gasteiger partial charge on any atom is 0.432 e. The highest BCUT2D eigenvalue weighted by atomic mass is 32.2. The molecule has 0 rings (SSSR count). The fourth-order valence-electron chi connectivity index (χ4n) is 0.877. The zero-order chi connectivity index (χ0) is 16.2. The van der Waals surface area contributed by atoms with Crippen molar-refractivity contribution in [1.82, 2.24) is 0 Å². The second-order valence-electron chi connectivity index (χ2n) is 3.32. The van der Waals surface area contributed by atoms with E-state index in [1.807, 2.05) is 0 Å². The number of esters is 1. The Bertz CT molecular complexity index is 493. The molecule has 0 bridgehead atoms. The van der Waals surface area contributed by atoms with Gasteiger partial charge in [0, 0.05) is 6.08 Å². The molecule has 0 amide bonds. The Morgan fingerprint density at radius 2 is 1.80 bits per heavy atom. The lowest BCUT2D eigenvalue weighted by Crippen LogP contribution is -2.52. The molecule has 0 saturated carbocycles. The first-order valence-corrected chi connectivity index (χ1v) is 6.17. The van der Waals surface area contributed by atoms with Crippen LogP contribution in [0.4, 0.5) is 22.0 Å². The molecule has 5 nitrogen and oxygen atoms in total. The molecular weight excluding hydrogens is 315 g/mol. The van der Waals surface area contributed by atoms with E-state index >= 15 is 0 Å². The normalized spacial score (nSPS) is 15.1. The predicted octanol–water partition coefficient (Wildman–Crippen LogP) is 2.07. The number of ether oxygens (including phenoxy) is 1. The second-order valence-corrected chi connectivity index (χ2v) is 4.82. The lowest BCUT2D eigenvalue weighted by Gasteiger charge is -2.25. The van der Waals surface area contributed by atoms with Crippen molar-refractivity contribution in [3.8, 4) is 0 Å². The van der Waals surface area contributed by atoms with E-state index in [1.165, 1.54) is 6.08 Å². The summed E-state index contributed by atoms with van der Waals surface area (Å²) in [5, 5.41) is -5.73. The Balaban J connectivity index is 5.33. The van der Waals surface area contributed by atoms with Gasteiger partial charge in [0.05, 0.1) is 0 Å². The van der Waals surface area contributed by atoms with Crippen LogP contribution in [0.1, 0.15) is 6.42 Å². The van der Waals surface area contributed by atoms with Crippen LogP contribution in [0, 0.1) is 0 Å². The van der Waals surface area contributed by atoms with E-state index in [2.05, 4.69) is 11.3 Å². The van der Waals surface area contributed by atoms with Crippen LogP contribution in [-0.4, -0.2) is 36.5 Å². The van der Waals surface area contributed by atoms with Gasteiger partial charge in [0.1, 0.15) is 0 Å². The van der Waals surface area contributed by atoms with Gasteiger partial charge in [-0.2, -0.15) is 30.4 Å². The molecule has 0 fully saturated rings. The monoisotopic (exact) mass is 324 g/mol. The molecule has 0 saturated heterocycles. The molecule has 20 heavy (non-hydrogen) atoms. The van der Waals surface area contributed by atoms with Gasteiger partial charge >= 0.3 is 27.5 Å².